The van der Waals surface area contributed by atoms with E-state index in [1.807, 2.05) is 48.2 Å². The zero-order valence-corrected chi connectivity index (χ0v) is 14.7. The van der Waals surface area contributed by atoms with Gasteiger partial charge in [-0.2, -0.15) is 5.10 Å². The van der Waals surface area contributed by atoms with Gasteiger partial charge in [-0.1, -0.05) is 17.7 Å². The van der Waals surface area contributed by atoms with E-state index < -0.39 is 0 Å². The first-order valence-electron chi connectivity index (χ1n) is 8.89. The van der Waals surface area contributed by atoms with Crippen molar-refractivity contribution in [1.29, 1.82) is 0 Å². The highest BCUT2D eigenvalue weighted by atomic mass is 16.2. The Hall–Kier alpha value is -3.02. The van der Waals surface area contributed by atoms with Crippen LogP contribution in [0.25, 0.3) is 11.4 Å². The molecule has 0 aliphatic carbocycles. The van der Waals surface area contributed by atoms with Crippen LogP contribution in [0.2, 0.25) is 0 Å². The monoisotopic (exact) mass is 347 g/mol. The van der Waals surface area contributed by atoms with Gasteiger partial charge in [0.2, 0.25) is 0 Å². The topological polar surface area (TPSA) is 74.8 Å². The zero-order chi connectivity index (χ0) is 17.9. The molecule has 1 N–H and O–H groups in total. The number of aryl methyl sites for hydroxylation is 1. The van der Waals surface area contributed by atoms with Crippen molar-refractivity contribution in [3.05, 3.63) is 65.7 Å². The average Bonchev–Trinajstić information content (AvgIpc) is 3.19. The molecule has 3 heterocycles. The fraction of sp³-hybridized carbons (Fsp3) is 0.300. The molecule has 4 rings (SSSR count). The maximum absolute atomic E-state index is 12.8. The smallest absolute Gasteiger partial charge is 0.253 e. The summed E-state index contributed by atoms with van der Waals surface area (Å²) in [5.74, 6) is 1.75. The Labute approximate surface area is 152 Å². The lowest BCUT2D eigenvalue weighted by Gasteiger charge is -2.31. The van der Waals surface area contributed by atoms with Gasteiger partial charge in [0.25, 0.3) is 5.91 Å². The number of nitrogens with one attached hydrogen (secondary N) is 1. The molecule has 0 radical (unpaired) electrons. The van der Waals surface area contributed by atoms with Gasteiger partial charge < -0.3 is 4.90 Å². The third kappa shape index (κ3) is 3.35. The molecule has 6 nitrogen and oxygen atoms in total. The molecule has 2 aromatic heterocycles. The van der Waals surface area contributed by atoms with Crippen molar-refractivity contribution in [2.24, 2.45) is 0 Å². The molecule has 6 heteroatoms. The number of likely N-dealkylation sites (tertiary alicyclic amines) is 1. The number of H-pyrrole nitrogens is 1. The fourth-order valence-electron chi connectivity index (χ4n) is 3.34. The summed E-state index contributed by atoms with van der Waals surface area (Å²) in [5.41, 5.74) is 2.78. The van der Waals surface area contributed by atoms with Crippen LogP contribution < -0.4 is 0 Å². The number of amides is 1. The number of pyridine rings is 1. The van der Waals surface area contributed by atoms with Crippen LogP contribution in [0, 0.1) is 6.92 Å². The third-order valence-electron chi connectivity index (χ3n) is 4.82. The standard InChI is InChI=1S/C20H21N5O/c1-14-6-8-15(9-7-14)20(26)25-11-3-5-17(13-25)19-22-18(23-24-19)16-4-2-10-21-12-16/h2,4,6-10,12,17H,3,5,11,13H2,1H3,(H,22,23,24). The van der Waals surface area contributed by atoms with Crippen molar-refractivity contribution >= 4 is 5.91 Å². The van der Waals surface area contributed by atoms with Crippen molar-refractivity contribution in [3.63, 3.8) is 0 Å². The minimum absolute atomic E-state index is 0.0849. The molecule has 1 saturated heterocycles. The van der Waals surface area contributed by atoms with Crippen LogP contribution in [0.15, 0.2) is 48.8 Å². The summed E-state index contributed by atoms with van der Waals surface area (Å²) >= 11 is 0. The number of hydrogen-bond acceptors (Lipinski definition) is 4. The third-order valence-corrected chi connectivity index (χ3v) is 4.82. The van der Waals surface area contributed by atoms with E-state index in [9.17, 15) is 4.79 Å². The molecule has 1 aromatic carbocycles. The van der Waals surface area contributed by atoms with Gasteiger partial charge in [-0.05, 0) is 44.0 Å². The summed E-state index contributed by atoms with van der Waals surface area (Å²) in [6.07, 6.45) is 5.44. The van der Waals surface area contributed by atoms with E-state index in [1.54, 1.807) is 12.4 Å². The fourth-order valence-corrected chi connectivity index (χ4v) is 3.34. The number of aromatic nitrogens is 4. The molecule has 0 spiro atoms. The Morgan fingerprint density at radius 2 is 2.08 bits per heavy atom. The highest BCUT2D eigenvalue weighted by Gasteiger charge is 2.27. The van der Waals surface area contributed by atoms with Gasteiger partial charge in [0, 0.05) is 42.5 Å². The molecule has 0 saturated carbocycles. The van der Waals surface area contributed by atoms with E-state index in [0.29, 0.717) is 12.4 Å². The molecule has 1 aliphatic rings. The summed E-state index contributed by atoms with van der Waals surface area (Å²) in [4.78, 5) is 23.5. The molecule has 3 aromatic rings. The lowest BCUT2D eigenvalue weighted by molar-refractivity contribution is 0.0704. The van der Waals surface area contributed by atoms with Crippen LogP contribution in [0.4, 0.5) is 0 Å². The maximum atomic E-state index is 12.8. The minimum atomic E-state index is 0.0849. The van der Waals surface area contributed by atoms with Crippen molar-refractivity contribution in [2.75, 3.05) is 13.1 Å². The Bertz CT molecular complexity index is 888. The zero-order valence-electron chi connectivity index (χ0n) is 14.7. The van der Waals surface area contributed by atoms with Crippen molar-refractivity contribution in [3.8, 4) is 11.4 Å². The number of nitrogens with zero attached hydrogens (tertiary/aromatic N) is 4. The van der Waals surface area contributed by atoms with Crippen molar-refractivity contribution in [1.82, 2.24) is 25.1 Å². The molecule has 1 unspecified atom stereocenters. The number of aromatic amines is 1. The molecular weight excluding hydrogens is 326 g/mol. The van der Waals surface area contributed by atoms with Gasteiger partial charge in [-0.25, -0.2) is 4.98 Å². The number of rotatable bonds is 3. The second-order valence-corrected chi connectivity index (χ2v) is 6.74. The molecule has 1 atom stereocenters. The molecule has 0 bridgehead atoms. The number of hydrogen-bond donors (Lipinski definition) is 1. The predicted molar refractivity (Wildman–Crippen MR) is 98.7 cm³/mol. The highest BCUT2D eigenvalue weighted by Crippen LogP contribution is 2.27. The van der Waals surface area contributed by atoms with Gasteiger partial charge in [0.15, 0.2) is 5.82 Å². The van der Waals surface area contributed by atoms with Crippen LogP contribution in [-0.4, -0.2) is 44.1 Å². The number of carbonyl (C=O) groups excluding carboxylic acids is 1. The van der Waals surface area contributed by atoms with Gasteiger partial charge in [-0.15, -0.1) is 0 Å². The van der Waals surface area contributed by atoms with Gasteiger partial charge in [-0.3, -0.25) is 14.9 Å². The van der Waals surface area contributed by atoms with Crippen LogP contribution in [0.1, 0.15) is 40.5 Å². The van der Waals surface area contributed by atoms with Crippen LogP contribution in [0.3, 0.4) is 0 Å². The molecule has 132 valence electrons. The summed E-state index contributed by atoms with van der Waals surface area (Å²) < 4.78 is 0. The number of piperidine rings is 1. The molecule has 26 heavy (non-hydrogen) atoms. The first-order chi connectivity index (χ1) is 12.7. The molecule has 1 amide bonds. The van der Waals surface area contributed by atoms with E-state index in [0.717, 1.165) is 41.9 Å². The Morgan fingerprint density at radius 3 is 2.85 bits per heavy atom. The van der Waals surface area contributed by atoms with E-state index in [4.69, 9.17) is 0 Å². The van der Waals surface area contributed by atoms with E-state index in [1.165, 1.54) is 0 Å². The summed E-state index contributed by atoms with van der Waals surface area (Å²) in [6.45, 7) is 3.47. The lowest BCUT2D eigenvalue weighted by atomic mass is 9.96. The van der Waals surface area contributed by atoms with Crippen LogP contribution in [-0.2, 0) is 0 Å². The summed E-state index contributed by atoms with van der Waals surface area (Å²) in [6, 6.07) is 11.6. The first kappa shape index (κ1) is 16.4. The minimum Gasteiger partial charge on any atom is -0.338 e. The van der Waals surface area contributed by atoms with Crippen molar-refractivity contribution in [2.45, 2.75) is 25.7 Å². The average molecular weight is 347 g/mol. The Morgan fingerprint density at radius 1 is 1.23 bits per heavy atom. The number of carbonyl (C=O) groups is 1. The second-order valence-electron chi connectivity index (χ2n) is 6.74. The second kappa shape index (κ2) is 7.07. The predicted octanol–water partition coefficient (Wildman–Crippen LogP) is 3.19. The van der Waals surface area contributed by atoms with Gasteiger partial charge in [0.1, 0.15) is 5.82 Å². The quantitative estimate of drug-likeness (QED) is 0.789. The molecule has 1 fully saturated rings. The summed E-state index contributed by atoms with van der Waals surface area (Å²) in [7, 11) is 0. The normalized spacial score (nSPS) is 17.3. The summed E-state index contributed by atoms with van der Waals surface area (Å²) in [5, 5.41) is 7.37. The van der Waals surface area contributed by atoms with Gasteiger partial charge >= 0.3 is 0 Å². The van der Waals surface area contributed by atoms with E-state index in [-0.39, 0.29) is 11.8 Å². The molecular formula is C20H21N5O. The number of benzene rings is 1. The highest BCUT2D eigenvalue weighted by molar-refractivity contribution is 5.94. The SMILES string of the molecule is Cc1ccc(C(=O)N2CCCC(c3nc(-c4cccnc4)n[nH]3)C2)cc1. The molecule has 1 aliphatic heterocycles. The van der Waals surface area contributed by atoms with Crippen LogP contribution in [0.5, 0.6) is 0 Å². The van der Waals surface area contributed by atoms with Crippen LogP contribution >= 0.6 is 0 Å². The largest absolute Gasteiger partial charge is 0.338 e. The van der Waals surface area contributed by atoms with Crippen molar-refractivity contribution < 1.29 is 4.79 Å². The van der Waals surface area contributed by atoms with E-state index in [2.05, 4.69) is 20.2 Å². The lowest BCUT2D eigenvalue weighted by Crippen LogP contribution is -2.39. The van der Waals surface area contributed by atoms with E-state index >= 15 is 0 Å². The Kier molecular flexibility index (Phi) is 4.48. The first-order valence-corrected chi connectivity index (χ1v) is 8.89. The van der Waals surface area contributed by atoms with Gasteiger partial charge in [0.05, 0.1) is 0 Å². The maximum Gasteiger partial charge on any atom is 0.253 e. The Balaban J connectivity index is 1.49.